The van der Waals surface area contributed by atoms with Crippen molar-refractivity contribution in [1.82, 2.24) is 9.88 Å². The molecule has 1 aromatic heterocycles. The molecule has 9 heteroatoms. The molecular weight excluding hydrogens is 484 g/mol. The molecule has 4 aromatic rings. The molecule has 1 N–H and O–H groups in total. The van der Waals surface area contributed by atoms with Crippen LogP contribution >= 0.6 is 0 Å². The molecule has 196 valence electrons. The van der Waals surface area contributed by atoms with Gasteiger partial charge in [0.05, 0.1) is 19.1 Å². The highest BCUT2D eigenvalue weighted by molar-refractivity contribution is 5.86. The number of aromatic nitrogens is 1. The Morgan fingerprint density at radius 1 is 0.974 bits per heavy atom. The molecule has 1 unspecified atom stereocenters. The number of carbonyl (C=O) groups excluding carboxylic acids is 1. The van der Waals surface area contributed by atoms with Crippen LogP contribution in [0.2, 0.25) is 0 Å². The molecule has 2 heterocycles. The molecule has 5 rings (SSSR count). The van der Waals surface area contributed by atoms with Crippen molar-refractivity contribution in [2.45, 2.75) is 12.3 Å². The summed E-state index contributed by atoms with van der Waals surface area (Å²) in [7, 11) is 3.21. The molecule has 0 bridgehead atoms. The Kier molecular flexibility index (Phi) is 7.17. The second kappa shape index (κ2) is 10.8. The number of methoxy groups -OCH3 is 2. The van der Waals surface area contributed by atoms with Crippen LogP contribution in [0.5, 0.6) is 11.5 Å². The number of amides is 1. The zero-order chi connectivity index (χ0) is 26.6. The van der Waals surface area contributed by atoms with Crippen LogP contribution < -0.4 is 14.4 Å². The minimum atomic E-state index is -0.400. The number of H-pyrrole nitrogens is 1. The number of benzene rings is 3. The van der Waals surface area contributed by atoms with Crippen molar-refractivity contribution in [3.05, 3.63) is 94.2 Å². The number of para-hydroxylation sites is 1. The Bertz CT molecular complexity index is 1440. The van der Waals surface area contributed by atoms with Crippen LogP contribution in [0.3, 0.4) is 0 Å². The van der Waals surface area contributed by atoms with E-state index in [0.717, 1.165) is 27.7 Å². The maximum absolute atomic E-state index is 13.6. The van der Waals surface area contributed by atoms with Gasteiger partial charge in [0.1, 0.15) is 0 Å². The van der Waals surface area contributed by atoms with Crippen LogP contribution in [0, 0.1) is 10.1 Å². The van der Waals surface area contributed by atoms with Crippen molar-refractivity contribution in [2.75, 3.05) is 45.3 Å². The number of ether oxygens (including phenoxy) is 2. The normalized spacial score (nSPS) is 14.4. The van der Waals surface area contributed by atoms with E-state index in [-0.39, 0.29) is 17.5 Å². The number of rotatable bonds is 8. The highest BCUT2D eigenvalue weighted by Crippen LogP contribution is 2.38. The van der Waals surface area contributed by atoms with E-state index in [2.05, 4.69) is 16.0 Å². The molecule has 0 aliphatic carbocycles. The second-order valence-electron chi connectivity index (χ2n) is 9.30. The van der Waals surface area contributed by atoms with Gasteiger partial charge in [0.2, 0.25) is 5.91 Å². The lowest BCUT2D eigenvalue weighted by atomic mass is 9.87. The Balaban J connectivity index is 1.36. The third-order valence-electron chi connectivity index (χ3n) is 7.24. The van der Waals surface area contributed by atoms with E-state index in [0.29, 0.717) is 44.1 Å². The van der Waals surface area contributed by atoms with Crippen LogP contribution in [-0.4, -0.2) is 61.1 Å². The van der Waals surface area contributed by atoms with E-state index in [1.165, 1.54) is 12.1 Å². The molecule has 1 atom stereocenters. The summed E-state index contributed by atoms with van der Waals surface area (Å²) in [6.07, 6.45) is 2.31. The molecule has 0 saturated carbocycles. The topological polar surface area (TPSA) is 101 Å². The van der Waals surface area contributed by atoms with Crippen molar-refractivity contribution in [2.24, 2.45) is 0 Å². The monoisotopic (exact) mass is 514 g/mol. The van der Waals surface area contributed by atoms with Crippen LogP contribution in [0.1, 0.15) is 23.5 Å². The average Bonchev–Trinajstić information content (AvgIpc) is 3.39. The summed E-state index contributed by atoms with van der Waals surface area (Å²) in [6.45, 7) is 2.50. The van der Waals surface area contributed by atoms with Crippen molar-refractivity contribution < 1.29 is 19.2 Å². The predicted molar refractivity (Wildman–Crippen MR) is 146 cm³/mol. The maximum Gasteiger partial charge on any atom is 0.269 e. The number of nitro groups is 1. The fourth-order valence-corrected chi connectivity index (χ4v) is 5.16. The van der Waals surface area contributed by atoms with Crippen LogP contribution in [0.4, 0.5) is 11.4 Å². The van der Waals surface area contributed by atoms with Gasteiger partial charge in [-0.15, -0.1) is 0 Å². The van der Waals surface area contributed by atoms with Gasteiger partial charge in [-0.3, -0.25) is 14.9 Å². The van der Waals surface area contributed by atoms with E-state index in [9.17, 15) is 14.9 Å². The predicted octanol–water partition coefficient (Wildman–Crippen LogP) is 4.96. The molecule has 1 saturated heterocycles. The number of nitrogens with zero attached hydrogens (tertiary/aromatic N) is 3. The van der Waals surface area contributed by atoms with Crippen LogP contribution in [-0.2, 0) is 4.79 Å². The number of nitrogens with one attached hydrogen (secondary N) is 1. The minimum Gasteiger partial charge on any atom is -0.493 e. The number of nitro benzene ring substituents is 1. The lowest BCUT2D eigenvalue weighted by Gasteiger charge is -2.36. The third-order valence-corrected chi connectivity index (χ3v) is 7.24. The molecule has 9 nitrogen and oxygen atoms in total. The largest absolute Gasteiger partial charge is 0.493 e. The Morgan fingerprint density at radius 2 is 1.68 bits per heavy atom. The Morgan fingerprint density at radius 3 is 2.37 bits per heavy atom. The number of fused-ring (bicyclic) bond motifs is 1. The minimum absolute atomic E-state index is 0.0704. The summed E-state index contributed by atoms with van der Waals surface area (Å²) in [6, 6.07) is 20.5. The summed E-state index contributed by atoms with van der Waals surface area (Å²) in [4.78, 5) is 31.6. The highest BCUT2D eigenvalue weighted by atomic mass is 16.6. The van der Waals surface area contributed by atoms with Crippen molar-refractivity contribution in [3.63, 3.8) is 0 Å². The van der Waals surface area contributed by atoms with Gasteiger partial charge in [-0.1, -0.05) is 24.3 Å². The zero-order valence-corrected chi connectivity index (χ0v) is 21.4. The number of hydrogen-bond acceptors (Lipinski definition) is 6. The summed E-state index contributed by atoms with van der Waals surface area (Å²) in [5.74, 6) is 1.17. The first-order valence-electron chi connectivity index (χ1n) is 12.5. The summed E-state index contributed by atoms with van der Waals surface area (Å²) >= 11 is 0. The molecule has 0 spiro atoms. The summed E-state index contributed by atoms with van der Waals surface area (Å²) in [5.41, 5.74) is 4.05. The van der Waals surface area contributed by atoms with E-state index in [1.54, 1.807) is 26.4 Å². The van der Waals surface area contributed by atoms with Gasteiger partial charge in [0.25, 0.3) is 5.69 Å². The van der Waals surface area contributed by atoms with Gasteiger partial charge in [-0.2, -0.15) is 0 Å². The average molecular weight is 515 g/mol. The second-order valence-corrected chi connectivity index (χ2v) is 9.30. The van der Waals surface area contributed by atoms with E-state index >= 15 is 0 Å². The van der Waals surface area contributed by atoms with Crippen molar-refractivity contribution >= 4 is 28.2 Å². The molecule has 38 heavy (non-hydrogen) atoms. The van der Waals surface area contributed by atoms with Crippen LogP contribution in [0.25, 0.3) is 10.9 Å². The zero-order valence-electron chi connectivity index (χ0n) is 21.4. The molecule has 0 radical (unpaired) electrons. The highest BCUT2D eigenvalue weighted by Gasteiger charge is 2.27. The van der Waals surface area contributed by atoms with Crippen LogP contribution in [0.15, 0.2) is 72.9 Å². The number of anilines is 1. The SMILES string of the molecule is COc1ccc(C(CC(=O)N2CCN(c3ccc([N+](=O)[O-])cc3)CC2)c2c[nH]c3ccccc23)cc1OC. The molecule has 1 aliphatic rings. The van der Waals surface area contributed by atoms with Gasteiger partial charge in [0, 0.05) is 73.4 Å². The van der Waals surface area contributed by atoms with E-state index < -0.39 is 4.92 Å². The van der Waals surface area contributed by atoms with E-state index in [1.807, 2.05) is 47.5 Å². The maximum atomic E-state index is 13.6. The van der Waals surface area contributed by atoms with Gasteiger partial charge >= 0.3 is 0 Å². The van der Waals surface area contributed by atoms with Crippen molar-refractivity contribution in [3.8, 4) is 11.5 Å². The standard InChI is InChI=1S/C29H30N4O5/c1-37-27-12-7-20(17-28(27)38-2)24(25-19-30-26-6-4-3-5-23(25)26)18-29(34)32-15-13-31(14-16-32)21-8-10-22(11-9-21)33(35)36/h3-12,17,19,24,30H,13-16,18H2,1-2H3. The number of aromatic amines is 1. The molecule has 1 fully saturated rings. The van der Waals surface area contributed by atoms with Gasteiger partial charge in [-0.05, 0) is 41.5 Å². The van der Waals surface area contributed by atoms with Crippen molar-refractivity contribution in [1.29, 1.82) is 0 Å². The van der Waals surface area contributed by atoms with Gasteiger partial charge < -0.3 is 24.3 Å². The fraction of sp³-hybridized carbons (Fsp3) is 0.276. The summed E-state index contributed by atoms with van der Waals surface area (Å²) in [5, 5.41) is 12.0. The fourth-order valence-electron chi connectivity index (χ4n) is 5.16. The summed E-state index contributed by atoms with van der Waals surface area (Å²) < 4.78 is 11.0. The molecule has 1 aliphatic heterocycles. The Labute approximate surface area is 220 Å². The smallest absolute Gasteiger partial charge is 0.269 e. The first-order chi connectivity index (χ1) is 18.5. The molecule has 3 aromatic carbocycles. The lowest BCUT2D eigenvalue weighted by Crippen LogP contribution is -2.49. The molecule has 1 amide bonds. The first kappa shape index (κ1) is 25.1. The third kappa shape index (κ3) is 5.00. The number of hydrogen-bond donors (Lipinski definition) is 1. The Hall–Kier alpha value is -4.53. The lowest BCUT2D eigenvalue weighted by molar-refractivity contribution is -0.384. The number of carbonyl (C=O) groups is 1. The number of non-ortho nitro benzene ring substituents is 1. The number of piperazine rings is 1. The van der Waals surface area contributed by atoms with E-state index in [4.69, 9.17) is 9.47 Å². The van der Waals surface area contributed by atoms with Gasteiger partial charge in [0.15, 0.2) is 11.5 Å². The van der Waals surface area contributed by atoms with Gasteiger partial charge in [-0.25, -0.2) is 0 Å². The molecular formula is C29H30N4O5. The first-order valence-corrected chi connectivity index (χ1v) is 12.5. The quantitative estimate of drug-likeness (QED) is 0.263.